The van der Waals surface area contributed by atoms with Crippen molar-refractivity contribution in [3.05, 3.63) is 18.2 Å². The van der Waals surface area contributed by atoms with Gasteiger partial charge in [0.2, 0.25) is 5.91 Å². The molecule has 1 aliphatic rings. The highest BCUT2D eigenvalue weighted by atomic mass is 16.1. The molecule has 0 aromatic carbocycles. The van der Waals surface area contributed by atoms with Gasteiger partial charge >= 0.3 is 0 Å². The quantitative estimate of drug-likeness (QED) is 0.667. The predicted molar refractivity (Wildman–Crippen MR) is 43.3 cm³/mol. The van der Waals surface area contributed by atoms with E-state index in [1.54, 1.807) is 6.33 Å². The number of hydrogen-bond donors (Lipinski definition) is 1. The molecule has 1 aromatic rings. The summed E-state index contributed by atoms with van der Waals surface area (Å²) in [5.74, 6) is -0.249. The second kappa shape index (κ2) is 2.09. The summed E-state index contributed by atoms with van der Waals surface area (Å²) in [6.07, 6.45) is 5.24. The first-order valence-corrected chi connectivity index (χ1v) is 3.93. The summed E-state index contributed by atoms with van der Waals surface area (Å²) in [6, 6.07) is 0. The molecule has 1 fully saturated rings. The molecule has 1 heterocycles. The third-order valence-corrected chi connectivity index (χ3v) is 2.42. The van der Waals surface area contributed by atoms with Crippen LogP contribution in [-0.4, -0.2) is 15.5 Å². The number of imidazole rings is 1. The minimum absolute atomic E-state index is 0.249. The second-order valence-corrected chi connectivity index (χ2v) is 3.37. The molecule has 0 spiro atoms. The summed E-state index contributed by atoms with van der Waals surface area (Å²) < 4.78 is 1.83. The topological polar surface area (TPSA) is 60.9 Å². The van der Waals surface area contributed by atoms with Gasteiger partial charge in [-0.3, -0.25) is 4.79 Å². The first-order valence-electron chi connectivity index (χ1n) is 3.93. The second-order valence-electron chi connectivity index (χ2n) is 3.37. The van der Waals surface area contributed by atoms with Gasteiger partial charge in [-0.1, -0.05) is 0 Å². The van der Waals surface area contributed by atoms with Crippen molar-refractivity contribution in [1.82, 2.24) is 9.55 Å². The molecule has 4 heteroatoms. The Morgan fingerprint density at radius 3 is 2.75 bits per heavy atom. The van der Waals surface area contributed by atoms with E-state index in [0.29, 0.717) is 0 Å². The Labute approximate surface area is 70.4 Å². The number of hydrogen-bond acceptors (Lipinski definition) is 2. The molecule has 0 atom stereocenters. The number of aryl methyl sites for hydroxylation is 1. The number of nitrogens with zero attached hydrogens (tertiary/aromatic N) is 2. The normalized spacial score (nSPS) is 19.1. The molecule has 0 radical (unpaired) electrons. The van der Waals surface area contributed by atoms with Crippen LogP contribution in [0.1, 0.15) is 18.5 Å². The molecule has 0 bridgehead atoms. The lowest BCUT2D eigenvalue weighted by Gasteiger charge is -2.05. The van der Waals surface area contributed by atoms with Crippen molar-refractivity contribution in [1.29, 1.82) is 0 Å². The average molecular weight is 165 g/mol. The minimum Gasteiger partial charge on any atom is -0.369 e. The number of nitrogens with two attached hydrogens (primary N) is 1. The van der Waals surface area contributed by atoms with Crippen molar-refractivity contribution in [2.75, 3.05) is 0 Å². The third-order valence-electron chi connectivity index (χ3n) is 2.42. The maximum Gasteiger partial charge on any atom is 0.229 e. The maximum absolute atomic E-state index is 11.1. The van der Waals surface area contributed by atoms with Crippen LogP contribution in [0.3, 0.4) is 0 Å². The van der Waals surface area contributed by atoms with Crippen LogP contribution in [0.5, 0.6) is 0 Å². The average Bonchev–Trinajstić information content (AvgIpc) is 2.71. The maximum atomic E-state index is 11.1. The minimum atomic E-state index is -0.429. The van der Waals surface area contributed by atoms with Gasteiger partial charge in [-0.15, -0.1) is 0 Å². The molecule has 1 amide bonds. The number of rotatable bonds is 2. The zero-order valence-corrected chi connectivity index (χ0v) is 6.95. The number of primary amides is 1. The molecule has 0 saturated heterocycles. The highest BCUT2D eigenvalue weighted by Gasteiger charge is 2.51. The van der Waals surface area contributed by atoms with Crippen LogP contribution in [0.2, 0.25) is 0 Å². The van der Waals surface area contributed by atoms with Gasteiger partial charge in [-0.25, -0.2) is 4.98 Å². The van der Waals surface area contributed by atoms with Crippen molar-refractivity contribution in [3.63, 3.8) is 0 Å². The van der Waals surface area contributed by atoms with Crippen LogP contribution < -0.4 is 5.73 Å². The zero-order valence-electron chi connectivity index (χ0n) is 6.95. The van der Waals surface area contributed by atoms with Crippen molar-refractivity contribution < 1.29 is 4.79 Å². The van der Waals surface area contributed by atoms with Gasteiger partial charge in [0.1, 0.15) is 0 Å². The fraction of sp³-hybridized carbons (Fsp3) is 0.500. The lowest BCUT2D eigenvalue weighted by atomic mass is 10.0. The van der Waals surface area contributed by atoms with E-state index in [-0.39, 0.29) is 5.91 Å². The summed E-state index contributed by atoms with van der Waals surface area (Å²) in [7, 11) is 1.88. The van der Waals surface area contributed by atoms with E-state index < -0.39 is 5.41 Å². The molecular formula is C8H11N3O. The van der Waals surface area contributed by atoms with Crippen LogP contribution in [0.4, 0.5) is 0 Å². The first kappa shape index (κ1) is 7.34. The largest absolute Gasteiger partial charge is 0.369 e. The van der Waals surface area contributed by atoms with Crippen LogP contribution in [-0.2, 0) is 17.3 Å². The number of carbonyl (C=O) groups is 1. The standard InChI is InChI=1S/C8H11N3O/c1-11-4-6(10-5-11)8(2-3-8)7(9)12/h4-5H,2-3H2,1H3,(H2,9,12). The van der Waals surface area contributed by atoms with Crippen LogP contribution in [0.15, 0.2) is 12.5 Å². The highest BCUT2D eigenvalue weighted by Crippen LogP contribution is 2.46. The Morgan fingerprint density at radius 2 is 2.42 bits per heavy atom. The van der Waals surface area contributed by atoms with E-state index in [0.717, 1.165) is 18.5 Å². The van der Waals surface area contributed by atoms with Gasteiger partial charge in [-0.05, 0) is 12.8 Å². The summed E-state index contributed by atoms with van der Waals surface area (Å²) in [6.45, 7) is 0. The number of aromatic nitrogens is 2. The number of carbonyl (C=O) groups excluding carboxylic acids is 1. The molecule has 64 valence electrons. The van der Waals surface area contributed by atoms with Gasteiger partial charge in [0, 0.05) is 13.2 Å². The Morgan fingerprint density at radius 1 is 1.75 bits per heavy atom. The van der Waals surface area contributed by atoms with Crippen molar-refractivity contribution in [3.8, 4) is 0 Å². The van der Waals surface area contributed by atoms with Gasteiger partial charge in [-0.2, -0.15) is 0 Å². The lowest BCUT2D eigenvalue weighted by Crippen LogP contribution is -2.28. The van der Waals surface area contributed by atoms with Crippen molar-refractivity contribution >= 4 is 5.91 Å². The Balaban J connectivity index is 2.36. The molecule has 1 saturated carbocycles. The summed E-state index contributed by atoms with van der Waals surface area (Å²) in [5, 5.41) is 0. The molecule has 1 aromatic heterocycles. The van der Waals surface area contributed by atoms with Gasteiger partial charge in [0.15, 0.2) is 0 Å². The molecule has 0 aliphatic heterocycles. The highest BCUT2D eigenvalue weighted by molar-refractivity contribution is 5.89. The van der Waals surface area contributed by atoms with E-state index in [4.69, 9.17) is 5.73 Å². The third kappa shape index (κ3) is 0.841. The molecular weight excluding hydrogens is 154 g/mol. The van der Waals surface area contributed by atoms with Crippen LogP contribution in [0, 0.1) is 0 Å². The van der Waals surface area contributed by atoms with Gasteiger partial charge < -0.3 is 10.3 Å². The summed E-state index contributed by atoms with van der Waals surface area (Å²) in [4.78, 5) is 15.2. The SMILES string of the molecule is Cn1cnc(C2(C(N)=O)CC2)c1. The Hall–Kier alpha value is -1.32. The van der Waals surface area contributed by atoms with Gasteiger partial charge in [0.25, 0.3) is 0 Å². The lowest BCUT2D eigenvalue weighted by molar-refractivity contribution is -0.120. The molecule has 1 aliphatic carbocycles. The van der Waals surface area contributed by atoms with E-state index in [9.17, 15) is 4.79 Å². The van der Waals surface area contributed by atoms with E-state index in [1.165, 1.54) is 0 Å². The molecule has 12 heavy (non-hydrogen) atoms. The fourth-order valence-electron chi connectivity index (χ4n) is 1.41. The first-order chi connectivity index (χ1) is 5.65. The smallest absolute Gasteiger partial charge is 0.229 e. The summed E-state index contributed by atoms with van der Waals surface area (Å²) in [5.41, 5.74) is 5.67. The van der Waals surface area contributed by atoms with Crippen molar-refractivity contribution in [2.24, 2.45) is 12.8 Å². The molecule has 2 rings (SSSR count). The molecule has 0 unspecified atom stereocenters. The van der Waals surface area contributed by atoms with Crippen LogP contribution >= 0.6 is 0 Å². The van der Waals surface area contributed by atoms with Crippen molar-refractivity contribution in [2.45, 2.75) is 18.3 Å². The monoisotopic (exact) mass is 165 g/mol. The Kier molecular flexibility index (Phi) is 1.28. The fourth-order valence-corrected chi connectivity index (χ4v) is 1.41. The zero-order chi connectivity index (χ0) is 8.77. The van der Waals surface area contributed by atoms with E-state index in [1.807, 2.05) is 17.8 Å². The molecule has 4 nitrogen and oxygen atoms in total. The number of amides is 1. The van der Waals surface area contributed by atoms with Crippen LogP contribution in [0.25, 0.3) is 0 Å². The molecule has 2 N–H and O–H groups in total. The Bertz CT molecular complexity index is 325. The predicted octanol–water partition coefficient (Wildman–Crippen LogP) is -0.0630. The summed E-state index contributed by atoms with van der Waals surface area (Å²) >= 11 is 0. The van der Waals surface area contributed by atoms with E-state index in [2.05, 4.69) is 4.98 Å². The van der Waals surface area contributed by atoms with E-state index >= 15 is 0 Å². The van der Waals surface area contributed by atoms with Gasteiger partial charge in [0.05, 0.1) is 17.4 Å².